The lowest BCUT2D eigenvalue weighted by molar-refractivity contribution is -0.116. The Bertz CT molecular complexity index is 903. The highest BCUT2D eigenvalue weighted by molar-refractivity contribution is 14.0. The van der Waals surface area contributed by atoms with Gasteiger partial charge in [0.25, 0.3) is 0 Å². The number of hydrogen-bond donors (Lipinski definition) is 3. The minimum absolute atomic E-state index is 0. The first-order chi connectivity index (χ1) is 14.0. The lowest BCUT2D eigenvalue weighted by atomic mass is 9.90. The largest absolute Gasteiger partial charge is 0.356 e. The maximum Gasteiger partial charge on any atom is 0.225 e. The molecule has 0 aliphatic carbocycles. The van der Waals surface area contributed by atoms with E-state index in [0.717, 1.165) is 16.8 Å². The fourth-order valence-electron chi connectivity index (χ4n) is 3.51. The van der Waals surface area contributed by atoms with Crippen LogP contribution in [-0.2, 0) is 17.9 Å². The number of nitrogens with one attached hydrogen (secondary N) is 3. The van der Waals surface area contributed by atoms with Crippen LogP contribution in [0, 0.1) is 5.82 Å². The van der Waals surface area contributed by atoms with E-state index in [2.05, 4.69) is 20.9 Å². The molecule has 1 unspecified atom stereocenters. The third kappa shape index (κ3) is 6.40. The fraction of sp³-hybridized carbons (Fsp3) is 0.364. The lowest BCUT2D eigenvalue weighted by Gasteiger charge is -2.26. The number of fused-ring (bicyclic) bond motifs is 1. The third-order valence-electron chi connectivity index (χ3n) is 4.90. The van der Waals surface area contributed by atoms with Gasteiger partial charge in [0, 0.05) is 50.3 Å². The van der Waals surface area contributed by atoms with Gasteiger partial charge in [-0.05, 0) is 43.4 Å². The van der Waals surface area contributed by atoms with Gasteiger partial charge in [0.1, 0.15) is 5.82 Å². The van der Waals surface area contributed by atoms with Crippen molar-refractivity contribution in [2.45, 2.75) is 25.4 Å². The zero-order valence-corrected chi connectivity index (χ0v) is 19.9. The normalized spacial score (nSPS) is 15.8. The molecule has 1 heterocycles. The van der Waals surface area contributed by atoms with Gasteiger partial charge >= 0.3 is 0 Å². The molecule has 30 heavy (non-hydrogen) atoms. The third-order valence-corrected chi connectivity index (χ3v) is 4.90. The van der Waals surface area contributed by atoms with E-state index in [1.807, 2.05) is 49.3 Å². The lowest BCUT2D eigenvalue weighted by Crippen LogP contribution is -2.40. The van der Waals surface area contributed by atoms with Crippen molar-refractivity contribution in [2.24, 2.45) is 4.99 Å². The quantitative estimate of drug-likeness (QED) is 0.308. The monoisotopic (exact) mass is 525 g/mol. The van der Waals surface area contributed by atoms with Crippen molar-refractivity contribution in [3.63, 3.8) is 0 Å². The van der Waals surface area contributed by atoms with E-state index in [4.69, 9.17) is 0 Å². The van der Waals surface area contributed by atoms with Crippen LogP contribution >= 0.6 is 24.0 Å². The van der Waals surface area contributed by atoms with Crippen molar-refractivity contribution in [1.82, 2.24) is 15.5 Å². The molecule has 162 valence electrons. The van der Waals surface area contributed by atoms with E-state index in [1.165, 1.54) is 6.07 Å². The summed E-state index contributed by atoms with van der Waals surface area (Å²) in [6.07, 6.45) is 0.437. The predicted molar refractivity (Wildman–Crippen MR) is 130 cm³/mol. The van der Waals surface area contributed by atoms with Gasteiger partial charge in [0.05, 0.1) is 0 Å². The minimum Gasteiger partial charge on any atom is -0.356 e. The van der Waals surface area contributed by atoms with Gasteiger partial charge in [-0.3, -0.25) is 9.79 Å². The van der Waals surface area contributed by atoms with Crippen LogP contribution in [0.25, 0.3) is 0 Å². The highest BCUT2D eigenvalue weighted by Gasteiger charge is 2.24. The van der Waals surface area contributed by atoms with Gasteiger partial charge in [-0.2, -0.15) is 0 Å². The number of guanidine groups is 1. The molecule has 1 aliphatic heterocycles. The number of rotatable bonds is 6. The Kier molecular flexibility index (Phi) is 9.04. The molecule has 6 nitrogen and oxygen atoms in total. The topological polar surface area (TPSA) is 68.8 Å². The Hall–Kier alpha value is -2.20. The molecule has 0 bridgehead atoms. The first-order valence-electron chi connectivity index (χ1n) is 9.71. The van der Waals surface area contributed by atoms with E-state index in [1.54, 1.807) is 13.1 Å². The van der Waals surface area contributed by atoms with E-state index < -0.39 is 0 Å². The van der Waals surface area contributed by atoms with Crippen LogP contribution < -0.4 is 16.0 Å². The highest BCUT2D eigenvalue weighted by atomic mass is 127. The van der Waals surface area contributed by atoms with Crippen LogP contribution in [0.4, 0.5) is 10.1 Å². The number of amides is 1. The van der Waals surface area contributed by atoms with Crippen molar-refractivity contribution in [1.29, 1.82) is 0 Å². The van der Waals surface area contributed by atoms with Crippen molar-refractivity contribution in [2.75, 3.05) is 33.0 Å². The van der Waals surface area contributed by atoms with E-state index in [0.29, 0.717) is 37.6 Å². The smallest absolute Gasteiger partial charge is 0.225 e. The molecule has 8 heteroatoms. The van der Waals surface area contributed by atoms with Crippen molar-refractivity contribution in [3.8, 4) is 0 Å². The first kappa shape index (κ1) is 24.1. The van der Waals surface area contributed by atoms with Crippen LogP contribution in [0.1, 0.15) is 29.0 Å². The number of anilines is 1. The average Bonchev–Trinajstić information content (AvgIpc) is 2.69. The minimum atomic E-state index is -0.195. The molecule has 0 saturated carbocycles. The van der Waals surface area contributed by atoms with Gasteiger partial charge in [0.15, 0.2) is 5.96 Å². The molecule has 1 atom stereocenters. The Balaban J connectivity index is 0.00000320. The Morgan fingerprint density at radius 2 is 2.00 bits per heavy atom. The number of hydrogen-bond acceptors (Lipinski definition) is 3. The van der Waals surface area contributed by atoms with Gasteiger partial charge < -0.3 is 20.9 Å². The summed E-state index contributed by atoms with van der Waals surface area (Å²) in [6, 6.07) is 13.0. The van der Waals surface area contributed by atoms with Gasteiger partial charge in [0.2, 0.25) is 5.91 Å². The molecule has 0 fully saturated rings. The number of nitrogens with zero attached hydrogens (tertiary/aromatic N) is 2. The highest BCUT2D eigenvalue weighted by Crippen LogP contribution is 2.31. The second kappa shape index (κ2) is 11.3. The number of carbonyl (C=O) groups excluding carboxylic acids is 1. The summed E-state index contributed by atoms with van der Waals surface area (Å²) in [5.41, 5.74) is 3.65. The number of benzene rings is 2. The van der Waals surface area contributed by atoms with Crippen LogP contribution in [0.5, 0.6) is 0 Å². The summed E-state index contributed by atoms with van der Waals surface area (Å²) in [7, 11) is 5.54. The van der Waals surface area contributed by atoms with Gasteiger partial charge in [-0.1, -0.05) is 24.3 Å². The Morgan fingerprint density at radius 1 is 1.23 bits per heavy atom. The zero-order chi connectivity index (χ0) is 20.8. The molecule has 2 aromatic rings. The fourth-order valence-corrected chi connectivity index (χ4v) is 3.51. The Morgan fingerprint density at radius 3 is 2.73 bits per heavy atom. The van der Waals surface area contributed by atoms with Crippen LogP contribution in [0.15, 0.2) is 47.5 Å². The summed E-state index contributed by atoms with van der Waals surface area (Å²) in [4.78, 5) is 18.2. The molecule has 0 radical (unpaired) electrons. The van der Waals surface area contributed by atoms with Crippen molar-refractivity contribution < 1.29 is 9.18 Å². The zero-order valence-electron chi connectivity index (χ0n) is 17.5. The second-order valence-electron chi connectivity index (χ2n) is 7.51. The summed E-state index contributed by atoms with van der Waals surface area (Å²) in [5, 5.41) is 9.48. The number of aliphatic imine (C=N–C) groups is 1. The summed E-state index contributed by atoms with van der Waals surface area (Å²) >= 11 is 0. The SMILES string of the molecule is CN=C(NCc1ccc(F)c(CN(C)C)c1)NCC1CC(=O)Nc2ccccc21.I. The van der Waals surface area contributed by atoms with Crippen LogP contribution in [-0.4, -0.2) is 44.5 Å². The first-order valence-corrected chi connectivity index (χ1v) is 9.71. The maximum absolute atomic E-state index is 14.0. The average molecular weight is 525 g/mol. The summed E-state index contributed by atoms with van der Waals surface area (Å²) in [5.74, 6) is 0.556. The molecule has 1 aliphatic rings. The molecule has 3 N–H and O–H groups in total. The van der Waals surface area contributed by atoms with E-state index >= 15 is 0 Å². The number of para-hydroxylation sites is 1. The molecule has 0 saturated heterocycles. The predicted octanol–water partition coefficient (Wildman–Crippen LogP) is 3.30. The van der Waals surface area contributed by atoms with Crippen LogP contribution in [0.3, 0.4) is 0 Å². The molecular weight excluding hydrogens is 496 g/mol. The molecule has 2 aromatic carbocycles. The molecular formula is C22H29FIN5O. The van der Waals surface area contributed by atoms with Crippen LogP contribution in [0.2, 0.25) is 0 Å². The Labute approximate surface area is 194 Å². The van der Waals surface area contributed by atoms with E-state index in [-0.39, 0.29) is 41.6 Å². The molecule has 0 aromatic heterocycles. The van der Waals surface area contributed by atoms with Gasteiger partial charge in [-0.15, -0.1) is 24.0 Å². The molecule has 1 amide bonds. The van der Waals surface area contributed by atoms with Gasteiger partial charge in [-0.25, -0.2) is 4.39 Å². The molecule has 0 spiro atoms. The maximum atomic E-state index is 14.0. The summed E-state index contributed by atoms with van der Waals surface area (Å²) < 4.78 is 14.0. The number of halogens is 2. The van der Waals surface area contributed by atoms with Crippen molar-refractivity contribution in [3.05, 3.63) is 65.0 Å². The van der Waals surface area contributed by atoms with Crippen molar-refractivity contribution >= 4 is 41.5 Å². The standard InChI is InChI=1S/C22H28FN5O.HI/c1-24-22(25-12-15-8-9-19(23)17(10-15)14-28(2)3)26-13-16-11-21(29)27-20-7-5-4-6-18(16)20;/h4-10,16H,11-14H2,1-3H3,(H,27,29)(H2,24,25,26);1H. The van der Waals surface area contributed by atoms with E-state index in [9.17, 15) is 9.18 Å². The molecule has 3 rings (SSSR count). The second-order valence-corrected chi connectivity index (χ2v) is 7.51. The number of carbonyl (C=O) groups is 1. The summed E-state index contributed by atoms with van der Waals surface area (Å²) in [6.45, 7) is 1.68.